The summed E-state index contributed by atoms with van der Waals surface area (Å²) < 4.78 is 5.35. The molecule has 0 aromatic heterocycles. The van der Waals surface area contributed by atoms with Crippen LogP contribution in [0.5, 0.6) is 0 Å². The number of anilines is 1. The molecule has 134 valence electrons. The minimum atomic E-state index is -0.576. The second kappa shape index (κ2) is 6.02. The lowest BCUT2D eigenvalue weighted by Gasteiger charge is -2.29. The lowest BCUT2D eigenvalue weighted by molar-refractivity contribution is -0.119. The van der Waals surface area contributed by atoms with E-state index in [0.29, 0.717) is 6.54 Å². The topological polar surface area (TPSA) is 75.9 Å². The van der Waals surface area contributed by atoms with E-state index in [1.54, 1.807) is 12.0 Å². The van der Waals surface area contributed by atoms with E-state index in [0.717, 1.165) is 44.4 Å². The first-order valence-corrected chi connectivity index (χ1v) is 9.06. The van der Waals surface area contributed by atoms with Gasteiger partial charge in [-0.25, -0.2) is 4.79 Å². The number of primary amides is 1. The Morgan fingerprint density at radius 3 is 2.60 bits per heavy atom. The Balaban J connectivity index is 1.63. The number of rotatable bonds is 5. The maximum atomic E-state index is 12.9. The largest absolute Gasteiger partial charge is 0.384 e. The third-order valence-corrected chi connectivity index (χ3v) is 5.97. The molecule has 2 atom stereocenters. The fourth-order valence-corrected chi connectivity index (χ4v) is 4.46. The number of ether oxygens (including phenoxy) is 1. The number of nitrogens with zero attached hydrogens (tertiary/aromatic N) is 2. The summed E-state index contributed by atoms with van der Waals surface area (Å²) in [5.41, 5.74) is 7.78. The van der Waals surface area contributed by atoms with Crippen LogP contribution >= 0.6 is 0 Å². The van der Waals surface area contributed by atoms with Gasteiger partial charge in [-0.2, -0.15) is 0 Å². The lowest BCUT2D eigenvalue weighted by Crippen LogP contribution is -2.48. The molecule has 0 bridgehead atoms. The minimum absolute atomic E-state index is 0.0957. The van der Waals surface area contributed by atoms with Crippen LogP contribution in [0.15, 0.2) is 24.3 Å². The molecule has 3 amide bonds. The van der Waals surface area contributed by atoms with Crippen LogP contribution in [0.3, 0.4) is 0 Å². The number of hydrogen-bond donors (Lipinski definition) is 1. The molecule has 1 saturated carbocycles. The zero-order chi connectivity index (χ0) is 17.6. The van der Waals surface area contributed by atoms with Crippen LogP contribution in [0.2, 0.25) is 0 Å². The molecule has 0 radical (unpaired) electrons. The van der Waals surface area contributed by atoms with Gasteiger partial charge in [-0.3, -0.25) is 9.69 Å². The number of piperidine rings is 1. The van der Waals surface area contributed by atoms with Crippen LogP contribution in [0.1, 0.15) is 37.7 Å². The van der Waals surface area contributed by atoms with Crippen LogP contribution in [-0.2, 0) is 14.9 Å². The Kier molecular flexibility index (Phi) is 3.95. The molecule has 1 unspecified atom stereocenters. The third-order valence-electron chi connectivity index (χ3n) is 5.97. The van der Waals surface area contributed by atoms with Gasteiger partial charge in [0.2, 0.25) is 5.91 Å². The third kappa shape index (κ3) is 2.59. The second-order valence-electron chi connectivity index (χ2n) is 7.52. The van der Waals surface area contributed by atoms with Crippen molar-refractivity contribution < 1.29 is 14.3 Å². The van der Waals surface area contributed by atoms with Crippen molar-refractivity contribution in [1.82, 2.24) is 4.90 Å². The molecule has 25 heavy (non-hydrogen) atoms. The predicted molar refractivity (Wildman–Crippen MR) is 94.4 cm³/mol. The molecule has 3 aliphatic rings. The van der Waals surface area contributed by atoms with Gasteiger partial charge in [-0.05, 0) is 49.8 Å². The Morgan fingerprint density at radius 2 is 2.00 bits per heavy atom. The fourth-order valence-electron chi connectivity index (χ4n) is 4.46. The zero-order valence-corrected chi connectivity index (χ0v) is 14.6. The first-order valence-electron chi connectivity index (χ1n) is 9.06. The summed E-state index contributed by atoms with van der Waals surface area (Å²) in [4.78, 5) is 28.4. The molecule has 4 rings (SSSR count). The van der Waals surface area contributed by atoms with E-state index in [9.17, 15) is 9.59 Å². The highest BCUT2D eigenvalue weighted by molar-refractivity contribution is 6.03. The Bertz CT molecular complexity index is 684. The number of methoxy groups -OCH3 is 1. The fraction of sp³-hybridized carbons (Fsp3) is 0.579. The van der Waals surface area contributed by atoms with Crippen molar-refractivity contribution in [3.8, 4) is 0 Å². The van der Waals surface area contributed by atoms with E-state index in [2.05, 4.69) is 12.1 Å². The summed E-state index contributed by atoms with van der Waals surface area (Å²) in [5, 5.41) is 0. The first-order chi connectivity index (χ1) is 12.1. The number of benzene rings is 1. The zero-order valence-electron chi connectivity index (χ0n) is 14.6. The molecule has 2 aliphatic heterocycles. The van der Waals surface area contributed by atoms with E-state index in [4.69, 9.17) is 10.5 Å². The normalized spacial score (nSPS) is 27.3. The molecule has 2 saturated heterocycles. The highest BCUT2D eigenvalue weighted by Gasteiger charge is 2.50. The number of fused-ring (bicyclic) bond motifs is 1. The van der Waals surface area contributed by atoms with E-state index in [1.165, 1.54) is 5.56 Å². The number of carbonyl (C=O) groups is 2. The highest BCUT2D eigenvalue weighted by Crippen LogP contribution is 2.48. The monoisotopic (exact) mass is 343 g/mol. The number of nitrogens with two attached hydrogens (primary N) is 1. The minimum Gasteiger partial charge on any atom is -0.384 e. The molecule has 1 aliphatic carbocycles. The van der Waals surface area contributed by atoms with Crippen molar-refractivity contribution in [1.29, 1.82) is 0 Å². The van der Waals surface area contributed by atoms with Crippen molar-refractivity contribution in [3.63, 3.8) is 0 Å². The summed E-state index contributed by atoms with van der Waals surface area (Å²) in [6.07, 6.45) is 5.11. The quantitative estimate of drug-likeness (QED) is 0.888. The van der Waals surface area contributed by atoms with Gasteiger partial charge < -0.3 is 15.4 Å². The second-order valence-corrected chi connectivity index (χ2v) is 7.52. The molecule has 3 fully saturated rings. The Morgan fingerprint density at radius 1 is 1.28 bits per heavy atom. The van der Waals surface area contributed by atoms with E-state index in [1.807, 2.05) is 17.0 Å². The lowest BCUT2D eigenvalue weighted by atomic mass is 9.95. The van der Waals surface area contributed by atoms with Gasteiger partial charge >= 0.3 is 6.03 Å². The maximum absolute atomic E-state index is 12.9. The van der Waals surface area contributed by atoms with Crippen LogP contribution in [-0.4, -0.2) is 49.2 Å². The predicted octanol–water partition coefficient (Wildman–Crippen LogP) is 2.01. The molecular formula is C19H25N3O3. The van der Waals surface area contributed by atoms with E-state index in [-0.39, 0.29) is 17.5 Å². The average Bonchev–Trinajstić information content (AvgIpc) is 3.34. The number of urea groups is 1. The highest BCUT2D eigenvalue weighted by atomic mass is 16.5. The SMILES string of the molecule is COCC1(c2ccc(N3C(=O)N4CCCC[C@@H]4C3C(N)=O)cc2)CC1. The molecule has 6 heteroatoms. The van der Waals surface area contributed by atoms with Gasteiger partial charge in [0.25, 0.3) is 0 Å². The number of hydrogen-bond acceptors (Lipinski definition) is 3. The molecule has 1 aromatic rings. The Labute approximate surface area is 147 Å². The van der Waals surface area contributed by atoms with E-state index < -0.39 is 11.9 Å². The number of carbonyl (C=O) groups excluding carboxylic acids is 2. The van der Waals surface area contributed by atoms with Crippen molar-refractivity contribution in [3.05, 3.63) is 29.8 Å². The average molecular weight is 343 g/mol. The molecular weight excluding hydrogens is 318 g/mol. The van der Waals surface area contributed by atoms with Gasteiger partial charge in [-0.15, -0.1) is 0 Å². The van der Waals surface area contributed by atoms with Crippen LogP contribution in [0, 0.1) is 0 Å². The van der Waals surface area contributed by atoms with E-state index >= 15 is 0 Å². The summed E-state index contributed by atoms with van der Waals surface area (Å²) >= 11 is 0. The molecule has 1 aromatic carbocycles. The van der Waals surface area contributed by atoms with Gasteiger partial charge in [-0.1, -0.05) is 12.1 Å². The van der Waals surface area contributed by atoms with Gasteiger partial charge in [0, 0.05) is 24.8 Å². The van der Waals surface area contributed by atoms with Gasteiger partial charge in [0.15, 0.2) is 0 Å². The van der Waals surface area contributed by atoms with Crippen molar-refractivity contribution in [2.24, 2.45) is 5.73 Å². The molecule has 6 nitrogen and oxygen atoms in total. The summed E-state index contributed by atoms with van der Waals surface area (Å²) in [7, 11) is 1.73. The summed E-state index contributed by atoms with van der Waals surface area (Å²) in [6.45, 7) is 1.42. The van der Waals surface area contributed by atoms with Gasteiger partial charge in [0.05, 0.1) is 12.6 Å². The standard InChI is InChI=1S/C19H25N3O3/c1-25-12-19(9-10-19)13-5-7-14(8-6-13)22-16(17(20)23)15-4-2-3-11-21(15)18(22)24/h5-8,15-16H,2-4,9-12H2,1H3,(H2,20,23)/t15-,16?/m1/s1. The summed E-state index contributed by atoms with van der Waals surface area (Å²) in [6, 6.07) is 7.23. The van der Waals surface area contributed by atoms with Gasteiger partial charge in [0.1, 0.15) is 6.04 Å². The summed E-state index contributed by atoms with van der Waals surface area (Å²) in [5.74, 6) is -0.426. The van der Waals surface area contributed by atoms with Crippen LogP contribution in [0.25, 0.3) is 0 Å². The van der Waals surface area contributed by atoms with Crippen LogP contribution in [0.4, 0.5) is 10.5 Å². The molecule has 0 spiro atoms. The number of amides is 3. The molecule has 2 heterocycles. The van der Waals surface area contributed by atoms with Crippen molar-refractivity contribution in [2.75, 3.05) is 25.2 Å². The van der Waals surface area contributed by atoms with Crippen molar-refractivity contribution in [2.45, 2.75) is 49.6 Å². The Hall–Kier alpha value is -2.08. The van der Waals surface area contributed by atoms with Crippen LogP contribution < -0.4 is 10.6 Å². The molecule has 2 N–H and O–H groups in total. The maximum Gasteiger partial charge on any atom is 0.325 e. The smallest absolute Gasteiger partial charge is 0.325 e. The van der Waals surface area contributed by atoms with Crippen molar-refractivity contribution >= 4 is 17.6 Å². The first kappa shape index (κ1) is 16.4.